The number of rotatable bonds is 8. The fourth-order valence-corrected chi connectivity index (χ4v) is 2.06. The van der Waals surface area contributed by atoms with Crippen molar-refractivity contribution in [2.24, 2.45) is 5.73 Å². The molecule has 0 fully saturated rings. The summed E-state index contributed by atoms with van der Waals surface area (Å²) in [5.74, 6) is -0.141. The lowest BCUT2D eigenvalue weighted by Gasteiger charge is -2.12. The van der Waals surface area contributed by atoms with Gasteiger partial charge in [-0.2, -0.15) is 0 Å². The molecule has 0 heterocycles. The third-order valence-corrected chi connectivity index (χ3v) is 3.35. The van der Waals surface area contributed by atoms with E-state index in [0.717, 1.165) is 19.3 Å². The van der Waals surface area contributed by atoms with E-state index in [4.69, 9.17) is 5.73 Å². The second-order valence-corrected chi connectivity index (χ2v) is 4.92. The molecule has 1 aromatic carbocycles. The number of ether oxygens (including phenoxy) is 1. The Morgan fingerprint density at radius 1 is 1.26 bits per heavy atom. The molecular formula is C16H25NO2. The fourth-order valence-electron chi connectivity index (χ4n) is 2.06. The summed E-state index contributed by atoms with van der Waals surface area (Å²) >= 11 is 0. The van der Waals surface area contributed by atoms with Crippen LogP contribution in [0.1, 0.15) is 56.2 Å². The smallest absolute Gasteiger partial charge is 0.305 e. The molecule has 0 radical (unpaired) electrons. The molecule has 1 unspecified atom stereocenters. The molecule has 0 aliphatic carbocycles. The van der Waals surface area contributed by atoms with Crippen molar-refractivity contribution >= 4 is 5.97 Å². The van der Waals surface area contributed by atoms with Crippen LogP contribution < -0.4 is 5.73 Å². The highest BCUT2D eigenvalue weighted by Gasteiger charge is 2.05. The highest BCUT2D eigenvalue weighted by Crippen LogP contribution is 2.18. The third-order valence-electron chi connectivity index (χ3n) is 3.35. The first-order valence-electron chi connectivity index (χ1n) is 7.08. The third kappa shape index (κ3) is 5.88. The van der Waals surface area contributed by atoms with Crippen LogP contribution in [0.5, 0.6) is 0 Å². The largest absolute Gasteiger partial charge is 0.469 e. The van der Waals surface area contributed by atoms with Crippen LogP contribution in [0.3, 0.4) is 0 Å². The fraction of sp³-hybridized carbons (Fsp3) is 0.562. The van der Waals surface area contributed by atoms with E-state index in [0.29, 0.717) is 6.42 Å². The van der Waals surface area contributed by atoms with E-state index in [1.54, 1.807) is 0 Å². The zero-order chi connectivity index (χ0) is 14.1. The van der Waals surface area contributed by atoms with Crippen LogP contribution >= 0.6 is 0 Å². The first kappa shape index (κ1) is 15.7. The highest BCUT2D eigenvalue weighted by molar-refractivity contribution is 5.69. The van der Waals surface area contributed by atoms with Crippen LogP contribution in [0, 0.1) is 0 Å². The molecule has 0 aliphatic heterocycles. The van der Waals surface area contributed by atoms with Crippen LogP contribution in [0.25, 0.3) is 0 Å². The van der Waals surface area contributed by atoms with Crippen LogP contribution in [-0.2, 0) is 16.0 Å². The molecule has 3 heteroatoms. The SMILES string of the molecule is CCCCC(N)c1ccc(CCCC(=O)OC)cc1. The molecule has 1 atom stereocenters. The number of hydrogen-bond donors (Lipinski definition) is 1. The average molecular weight is 263 g/mol. The number of aryl methyl sites for hydroxylation is 1. The molecule has 2 N–H and O–H groups in total. The predicted molar refractivity (Wildman–Crippen MR) is 77.8 cm³/mol. The first-order valence-corrected chi connectivity index (χ1v) is 7.08. The van der Waals surface area contributed by atoms with Gasteiger partial charge in [0.25, 0.3) is 0 Å². The van der Waals surface area contributed by atoms with Gasteiger partial charge in [0.15, 0.2) is 0 Å². The molecule has 0 spiro atoms. The summed E-state index contributed by atoms with van der Waals surface area (Å²) < 4.78 is 4.62. The summed E-state index contributed by atoms with van der Waals surface area (Å²) in [6, 6.07) is 8.57. The quantitative estimate of drug-likeness (QED) is 0.732. The van der Waals surface area contributed by atoms with Gasteiger partial charge in [-0.15, -0.1) is 0 Å². The van der Waals surface area contributed by atoms with Gasteiger partial charge in [-0.05, 0) is 30.4 Å². The molecule has 0 saturated heterocycles. The Kier molecular flexibility index (Phi) is 7.19. The molecule has 0 aliphatic rings. The lowest BCUT2D eigenvalue weighted by Crippen LogP contribution is -2.09. The minimum Gasteiger partial charge on any atom is -0.469 e. The molecule has 0 amide bonds. The Bertz CT molecular complexity index is 373. The van der Waals surface area contributed by atoms with E-state index >= 15 is 0 Å². The maximum Gasteiger partial charge on any atom is 0.305 e. The minimum atomic E-state index is -0.141. The van der Waals surface area contributed by atoms with Gasteiger partial charge in [0.1, 0.15) is 0 Å². The van der Waals surface area contributed by atoms with Gasteiger partial charge in [-0.1, -0.05) is 44.0 Å². The number of carbonyl (C=O) groups is 1. The standard InChI is InChI=1S/C16H25NO2/c1-3-4-7-15(17)14-11-9-13(10-12-14)6-5-8-16(18)19-2/h9-12,15H,3-8,17H2,1-2H3. The van der Waals surface area contributed by atoms with E-state index in [1.165, 1.54) is 31.1 Å². The van der Waals surface area contributed by atoms with Crippen molar-refractivity contribution in [3.63, 3.8) is 0 Å². The number of methoxy groups -OCH3 is 1. The topological polar surface area (TPSA) is 52.3 Å². The molecule has 0 aromatic heterocycles. The van der Waals surface area contributed by atoms with E-state index in [-0.39, 0.29) is 12.0 Å². The molecule has 1 rings (SSSR count). The van der Waals surface area contributed by atoms with Crippen molar-refractivity contribution in [3.8, 4) is 0 Å². The molecule has 1 aromatic rings. The number of benzene rings is 1. The summed E-state index contributed by atoms with van der Waals surface area (Å²) in [6.07, 6.45) is 5.60. The van der Waals surface area contributed by atoms with Crippen molar-refractivity contribution in [1.29, 1.82) is 0 Å². The van der Waals surface area contributed by atoms with E-state index < -0.39 is 0 Å². The van der Waals surface area contributed by atoms with Crippen LogP contribution in [-0.4, -0.2) is 13.1 Å². The summed E-state index contributed by atoms with van der Waals surface area (Å²) in [5, 5.41) is 0. The number of hydrogen-bond acceptors (Lipinski definition) is 3. The Morgan fingerprint density at radius 2 is 1.95 bits per heavy atom. The summed E-state index contributed by atoms with van der Waals surface area (Å²) in [5.41, 5.74) is 8.57. The van der Waals surface area contributed by atoms with Gasteiger partial charge in [0.2, 0.25) is 0 Å². The van der Waals surface area contributed by atoms with E-state index in [1.807, 2.05) is 0 Å². The van der Waals surface area contributed by atoms with E-state index in [2.05, 4.69) is 35.9 Å². The summed E-state index contributed by atoms with van der Waals surface area (Å²) in [6.45, 7) is 2.18. The van der Waals surface area contributed by atoms with Crippen LogP contribution in [0.2, 0.25) is 0 Å². The average Bonchev–Trinajstić information content (AvgIpc) is 2.45. The lowest BCUT2D eigenvalue weighted by molar-refractivity contribution is -0.140. The van der Waals surface area contributed by atoms with Gasteiger partial charge in [-0.3, -0.25) is 4.79 Å². The molecule has 0 saturated carbocycles. The zero-order valence-electron chi connectivity index (χ0n) is 12.0. The van der Waals surface area contributed by atoms with Gasteiger partial charge >= 0.3 is 5.97 Å². The monoisotopic (exact) mass is 263 g/mol. The van der Waals surface area contributed by atoms with Crippen molar-refractivity contribution < 1.29 is 9.53 Å². The molecule has 19 heavy (non-hydrogen) atoms. The second kappa shape index (κ2) is 8.70. The van der Waals surface area contributed by atoms with Gasteiger partial charge in [0, 0.05) is 12.5 Å². The van der Waals surface area contributed by atoms with Crippen LogP contribution in [0.15, 0.2) is 24.3 Å². The Labute approximate surface area is 116 Å². The Morgan fingerprint density at radius 3 is 2.53 bits per heavy atom. The van der Waals surface area contributed by atoms with Gasteiger partial charge in [-0.25, -0.2) is 0 Å². The van der Waals surface area contributed by atoms with Crippen LogP contribution in [0.4, 0.5) is 0 Å². The highest BCUT2D eigenvalue weighted by atomic mass is 16.5. The summed E-state index contributed by atoms with van der Waals surface area (Å²) in [4.78, 5) is 11.0. The van der Waals surface area contributed by atoms with Crippen molar-refractivity contribution in [1.82, 2.24) is 0 Å². The number of carbonyl (C=O) groups excluding carboxylic acids is 1. The predicted octanol–water partition coefficient (Wildman–Crippen LogP) is 3.37. The number of esters is 1. The number of nitrogens with two attached hydrogens (primary N) is 1. The van der Waals surface area contributed by atoms with Crippen molar-refractivity contribution in [3.05, 3.63) is 35.4 Å². The van der Waals surface area contributed by atoms with E-state index in [9.17, 15) is 4.79 Å². The van der Waals surface area contributed by atoms with Crippen molar-refractivity contribution in [2.45, 2.75) is 51.5 Å². The molecular weight excluding hydrogens is 238 g/mol. The molecule has 106 valence electrons. The lowest BCUT2D eigenvalue weighted by atomic mass is 9.99. The van der Waals surface area contributed by atoms with Gasteiger partial charge in [0.05, 0.1) is 7.11 Å². The van der Waals surface area contributed by atoms with Crippen molar-refractivity contribution in [2.75, 3.05) is 7.11 Å². The Balaban J connectivity index is 2.40. The molecule has 3 nitrogen and oxygen atoms in total. The Hall–Kier alpha value is -1.35. The minimum absolute atomic E-state index is 0.141. The molecule has 0 bridgehead atoms. The first-order chi connectivity index (χ1) is 9.17. The second-order valence-electron chi connectivity index (χ2n) is 4.92. The zero-order valence-corrected chi connectivity index (χ0v) is 12.0. The van der Waals surface area contributed by atoms with Gasteiger partial charge < -0.3 is 10.5 Å². The maximum absolute atomic E-state index is 11.0. The summed E-state index contributed by atoms with van der Waals surface area (Å²) in [7, 11) is 1.43. The normalized spacial score (nSPS) is 12.2. The number of unbranched alkanes of at least 4 members (excludes halogenated alkanes) is 1. The maximum atomic E-state index is 11.0.